The Kier molecular flexibility index (Phi) is 45.2. The molecule has 0 heterocycles. The number of likely N-dealkylation sites (N-methyl/N-ethyl adjacent to an activating group) is 1. The molecule has 0 aliphatic carbocycles. The van der Waals surface area contributed by atoms with Crippen molar-refractivity contribution in [2.24, 2.45) is 0 Å². The van der Waals surface area contributed by atoms with E-state index in [0.717, 1.165) is 32.1 Å². The lowest BCUT2D eigenvalue weighted by Gasteiger charge is -2.28. The van der Waals surface area contributed by atoms with Crippen molar-refractivity contribution in [3.8, 4) is 0 Å². The van der Waals surface area contributed by atoms with Crippen molar-refractivity contribution < 1.29 is 37.3 Å². The van der Waals surface area contributed by atoms with Crippen LogP contribution in [0, 0.1) is 0 Å². The largest absolute Gasteiger partial charge is 0.756 e. The third-order valence-electron chi connectivity index (χ3n) is 11.8. The minimum atomic E-state index is -4.53. The molecule has 0 bridgehead atoms. The van der Waals surface area contributed by atoms with Crippen LogP contribution >= 0.6 is 7.82 Å². The summed E-state index contributed by atoms with van der Waals surface area (Å²) in [5, 5.41) is 0. The van der Waals surface area contributed by atoms with Gasteiger partial charge in [-0.1, -0.05) is 225 Å². The summed E-state index contributed by atoms with van der Waals surface area (Å²) in [5.74, 6) is -0.329. The van der Waals surface area contributed by atoms with Crippen molar-refractivity contribution in [1.82, 2.24) is 0 Å². The summed E-state index contributed by atoms with van der Waals surface area (Å²) in [6, 6.07) is 0. The molecule has 9 heteroatoms. The number of carbonyl (C=O) groups excluding carboxylic acids is 1. The Hall–Kier alpha value is -0.760. The van der Waals surface area contributed by atoms with Crippen molar-refractivity contribution in [2.45, 2.75) is 264 Å². The van der Waals surface area contributed by atoms with E-state index in [1.54, 1.807) is 0 Å². The standard InChI is InChI=1S/C52H104NO7P/c1-6-8-10-12-14-16-18-20-22-24-25-26-27-28-29-30-31-33-35-37-39-41-43-45-52(54)60-51(50-59-61(55,56)58-48-46-53(3,4)5)49-57-47-44-42-40-38-36-34-32-23-21-19-17-15-13-11-9-7-2/h21,23,51H,6-20,22,24-50H2,1-5H3/b23-21-. The second kappa shape index (κ2) is 45.8. The molecule has 0 fully saturated rings. The number of esters is 1. The van der Waals surface area contributed by atoms with Crippen LogP contribution in [-0.2, 0) is 27.9 Å². The molecular weight excluding hydrogens is 782 g/mol. The molecule has 0 saturated carbocycles. The second-order valence-electron chi connectivity index (χ2n) is 19.2. The summed E-state index contributed by atoms with van der Waals surface area (Å²) < 4.78 is 34.8. The average molecular weight is 886 g/mol. The Bertz CT molecular complexity index is 987. The number of rotatable bonds is 50. The number of unbranched alkanes of at least 4 members (excludes halogenated alkanes) is 34. The molecule has 0 aromatic rings. The molecule has 2 unspecified atom stereocenters. The van der Waals surface area contributed by atoms with Gasteiger partial charge in [-0.2, -0.15) is 0 Å². The summed E-state index contributed by atoms with van der Waals surface area (Å²) in [6.07, 6.45) is 52.4. The summed E-state index contributed by atoms with van der Waals surface area (Å²) in [5.41, 5.74) is 0. The van der Waals surface area contributed by atoms with Gasteiger partial charge in [-0.15, -0.1) is 0 Å². The fraction of sp³-hybridized carbons (Fsp3) is 0.942. The van der Waals surface area contributed by atoms with Crippen molar-refractivity contribution in [1.29, 1.82) is 0 Å². The number of ether oxygens (including phenoxy) is 2. The van der Waals surface area contributed by atoms with Gasteiger partial charge in [-0.25, -0.2) is 0 Å². The minimum absolute atomic E-state index is 0.0285. The highest BCUT2D eigenvalue weighted by atomic mass is 31.2. The third-order valence-corrected chi connectivity index (χ3v) is 12.8. The highest BCUT2D eigenvalue weighted by molar-refractivity contribution is 7.45. The van der Waals surface area contributed by atoms with E-state index in [1.165, 1.54) is 205 Å². The Morgan fingerprint density at radius 2 is 0.852 bits per heavy atom. The number of nitrogens with zero attached hydrogens (tertiary/aromatic N) is 1. The molecule has 0 rings (SSSR count). The number of allylic oxidation sites excluding steroid dienone is 2. The van der Waals surface area contributed by atoms with Gasteiger partial charge in [0.05, 0.1) is 34.4 Å². The molecule has 0 aromatic carbocycles. The van der Waals surface area contributed by atoms with E-state index in [4.69, 9.17) is 18.5 Å². The highest BCUT2D eigenvalue weighted by Crippen LogP contribution is 2.38. The molecule has 0 saturated heterocycles. The second-order valence-corrected chi connectivity index (χ2v) is 20.7. The number of quaternary nitrogens is 1. The van der Waals surface area contributed by atoms with Crippen LogP contribution in [0.15, 0.2) is 12.2 Å². The predicted molar refractivity (Wildman–Crippen MR) is 259 cm³/mol. The first-order chi connectivity index (χ1) is 29.6. The first-order valence-electron chi connectivity index (χ1n) is 26.4. The summed E-state index contributed by atoms with van der Waals surface area (Å²) in [4.78, 5) is 25.2. The van der Waals surface area contributed by atoms with Crippen molar-refractivity contribution in [2.75, 3.05) is 54.1 Å². The van der Waals surface area contributed by atoms with Gasteiger partial charge in [0.15, 0.2) is 0 Å². The zero-order valence-electron chi connectivity index (χ0n) is 41.4. The molecule has 0 spiro atoms. The number of carbonyl (C=O) groups is 1. The van der Waals surface area contributed by atoms with Gasteiger partial charge in [0.25, 0.3) is 7.82 Å². The quantitative estimate of drug-likeness (QED) is 0.0197. The van der Waals surface area contributed by atoms with E-state index < -0.39 is 13.9 Å². The normalized spacial score (nSPS) is 13.6. The number of phosphoric ester groups is 1. The molecule has 61 heavy (non-hydrogen) atoms. The number of hydrogen-bond donors (Lipinski definition) is 0. The Labute approximate surface area is 380 Å². The minimum Gasteiger partial charge on any atom is -0.756 e. The lowest BCUT2D eigenvalue weighted by atomic mass is 10.0. The van der Waals surface area contributed by atoms with E-state index in [0.29, 0.717) is 24.1 Å². The molecule has 0 N–H and O–H groups in total. The average Bonchev–Trinajstić information content (AvgIpc) is 3.22. The van der Waals surface area contributed by atoms with Gasteiger partial charge in [-0.05, 0) is 38.5 Å². The van der Waals surface area contributed by atoms with Crippen LogP contribution in [-0.4, -0.2) is 70.7 Å². The third kappa shape index (κ3) is 50.1. The van der Waals surface area contributed by atoms with Crippen LogP contribution in [0.25, 0.3) is 0 Å². The van der Waals surface area contributed by atoms with Gasteiger partial charge >= 0.3 is 5.97 Å². The van der Waals surface area contributed by atoms with E-state index in [9.17, 15) is 14.3 Å². The SMILES string of the molecule is CCCCCCCC/C=C\CCCCCCCCOCC(COP(=O)([O-])OCC[N+](C)(C)C)OC(=O)CCCCCCCCCCCCCCCCCCCCCCCCC. The molecular formula is C52H104NO7P. The van der Waals surface area contributed by atoms with Crippen LogP contribution in [0.5, 0.6) is 0 Å². The van der Waals surface area contributed by atoms with Gasteiger partial charge in [0, 0.05) is 13.0 Å². The Balaban J connectivity index is 4.06. The fourth-order valence-electron chi connectivity index (χ4n) is 7.72. The monoisotopic (exact) mass is 886 g/mol. The van der Waals surface area contributed by atoms with Gasteiger partial charge in [0.1, 0.15) is 19.3 Å². The van der Waals surface area contributed by atoms with Gasteiger partial charge in [-0.3, -0.25) is 9.36 Å². The molecule has 0 aromatic heterocycles. The van der Waals surface area contributed by atoms with E-state index >= 15 is 0 Å². The number of hydrogen-bond acceptors (Lipinski definition) is 7. The Morgan fingerprint density at radius 3 is 1.25 bits per heavy atom. The maximum absolute atomic E-state index is 12.8. The van der Waals surface area contributed by atoms with Crippen LogP contribution < -0.4 is 4.89 Å². The zero-order chi connectivity index (χ0) is 44.8. The smallest absolute Gasteiger partial charge is 0.306 e. The molecule has 8 nitrogen and oxygen atoms in total. The molecule has 0 aliphatic rings. The molecule has 2 atom stereocenters. The summed E-state index contributed by atoms with van der Waals surface area (Å²) >= 11 is 0. The lowest BCUT2D eigenvalue weighted by molar-refractivity contribution is -0.870. The van der Waals surface area contributed by atoms with Crippen molar-refractivity contribution >= 4 is 13.8 Å². The molecule has 0 aliphatic heterocycles. The maximum atomic E-state index is 12.8. The maximum Gasteiger partial charge on any atom is 0.306 e. The van der Waals surface area contributed by atoms with E-state index in [-0.39, 0.29) is 25.8 Å². The molecule has 364 valence electrons. The van der Waals surface area contributed by atoms with Gasteiger partial charge in [0.2, 0.25) is 0 Å². The topological polar surface area (TPSA) is 94.1 Å². The van der Waals surface area contributed by atoms with Crippen LogP contribution in [0.1, 0.15) is 258 Å². The Morgan fingerprint density at radius 1 is 0.492 bits per heavy atom. The van der Waals surface area contributed by atoms with E-state index in [1.807, 2.05) is 21.1 Å². The number of phosphoric acid groups is 1. The first kappa shape index (κ1) is 60.2. The molecule has 0 radical (unpaired) electrons. The summed E-state index contributed by atoms with van der Waals surface area (Å²) in [7, 11) is 1.37. The zero-order valence-corrected chi connectivity index (χ0v) is 42.3. The lowest BCUT2D eigenvalue weighted by Crippen LogP contribution is -2.37. The van der Waals surface area contributed by atoms with Crippen LogP contribution in [0.4, 0.5) is 0 Å². The predicted octanol–water partition coefficient (Wildman–Crippen LogP) is 15.5. The van der Waals surface area contributed by atoms with Crippen molar-refractivity contribution in [3.05, 3.63) is 12.2 Å². The highest BCUT2D eigenvalue weighted by Gasteiger charge is 2.20. The van der Waals surface area contributed by atoms with Crippen molar-refractivity contribution in [3.63, 3.8) is 0 Å². The fourth-order valence-corrected chi connectivity index (χ4v) is 8.45. The molecule has 0 amide bonds. The van der Waals surface area contributed by atoms with Gasteiger partial charge < -0.3 is 27.9 Å². The first-order valence-corrected chi connectivity index (χ1v) is 27.9. The van der Waals surface area contributed by atoms with Crippen LogP contribution in [0.3, 0.4) is 0 Å². The van der Waals surface area contributed by atoms with E-state index in [2.05, 4.69) is 26.0 Å². The summed E-state index contributed by atoms with van der Waals surface area (Å²) in [6.45, 7) is 5.46. The van der Waals surface area contributed by atoms with Crippen LogP contribution in [0.2, 0.25) is 0 Å².